The Morgan fingerprint density at radius 2 is 1.66 bits per heavy atom. The van der Waals surface area contributed by atoms with Gasteiger partial charge in [-0.05, 0) is 30.9 Å². The Morgan fingerprint density at radius 3 is 2.38 bits per heavy atom. The number of para-hydroxylation sites is 2. The Morgan fingerprint density at radius 1 is 0.969 bits per heavy atom. The lowest BCUT2D eigenvalue weighted by Crippen LogP contribution is -2.40. The Labute approximate surface area is 187 Å². The van der Waals surface area contributed by atoms with Gasteiger partial charge in [0.2, 0.25) is 0 Å². The minimum atomic E-state index is -0.355. The summed E-state index contributed by atoms with van der Waals surface area (Å²) in [4.78, 5) is 30.6. The fourth-order valence-electron chi connectivity index (χ4n) is 4.52. The van der Waals surface area contributed by atoms with Gasteiger partial charge in [-0.25, -0.2) is 0 Å². The van der Waals surface area contributed by atoms with Crippen LogP contribution in [0.4, 0.5) is 0 Å². The minimum Gasteiger partial charge on any atom is -0.496 e. The summed E-state index contributed by atoms with van der Waals surface area (Å²) in [6.07, 6.45) is 1.75. The zero-order valence-corrected chi connectivity index (χ0v) is 18.4. The number of carbonyl (C=O) groups excluding carboxylic acids is 2. The van der Waals surface area contributed by atoms with E-state index in [2.05, 4.69) is 0 Å². The third-order valence-corrected chi connectivity index (χ3v) is 6.13. The van der Waals surface area contributed by atoms with Gasteiger partial charge in [0, 0.05) is 30.8 Å². The number of aliphatic hydroxyl groups excluding tert-OH is 1. The summed E-state index contributed by atoms with van der Waals surface area (Å²) < 4.78 is 10.9. The first-order valence-electron chi connectivity index (χ1n) is 10.8. The predicted molar refractivity (Wildman–Crippen MR) is 120 cm³/mol. The lowest BCUT2D eigenvalue weighted by molar-refractivity contribution is -0.138. The van der Waals surface area contributed by atoms with E-state index in [-0.39, 0.29) is 30.9 Å². The van der Waals surface area contributed by atoms with E-state index in [1.807, 2.05) is 41.3 Å². The molecule has 4 rings (SSSR count). The summed E-state index contributed by atoms with van der Waals surface area (Å²) >= 11 is 0. The fourth-order valence-corrected chi connectivity index (χ4v) is 4.52. The highest BCUT2D eigenvalue weighted by molar-refractivity contribution is 6.35. The molecule has 1 fully saturated rings. The first kappa shape index (κ1) is 21.9. The van der Waals surface area contributed by atoms with Crippen molar-refractivity contribution in [2.24, 2.45) is 5.92 Å². The normalized spacial score (nSPS) is 19.0. The van der Waals surface area contributed by atoms with Crippen molar-refractivity contribution in [3.8, 4) is 11.5 Å². The highest BCUT2D eigenvalue weighted by Crippen LogP contribution is 2.38. The second-order valence-electron chi connectivity index (χ2n) is 8.07. The maximum absolute atomic E-state index is 13.7. The molecule has 2 aromatic rings. The highest BCUT2D eigenvalue weighted by Gasteiger charge is 2.43. The number of methoxy groups -OCH3 is 2. The van der Waals surface area contributed by atoms with Crippen LogP contribution in [0.2, 0.25) is 0 Å². The molecule has 0 bridgehead atoms. The van der Waals surface area contributed by atoms with Crippen LogP contribution in [0, 0.1) is 5.92 Å². The molecule has 1 unspecified atom stereocenters. The number of nitrogens with zero attached hydrogens (tertiary/aromatic N) is 2. The van der Waals surface area contributed by atoms with E-state index >= 15 is 0 Å². The molecule has 2 aliphatic rings. The van der Waals surface area contributed by atoms with E-state index in [1.54, 1.807) is 26.4 Å². The van der Waals surface area contributed by atoms with Crippen LogP contribution in [0.15, 0.2) is 54.2 Å². The molecule has 2 amide bonds. The molecule has 0 aliphatic carbocycles. The van der Waals surface area contributed by atoms with Gasteiger partial charge in [-0.1, -0.05) is 36.4 Å². The van der Waals surface area contributed by atoms with Crippen molar-refractivity contribution in [3.63, 3.8) is 0 Å². The molecule has 2 heterocycles. The summed E-state index contributed by atoms with van der Waals surface area (Å²) in [7, 11) is 3.12. The van der Waals surface area contributed by atoms with Crippen molar-refractivity contribution in [3.05, 3.63) is 65.4 Å². The van der Waals surface area contributed by atoms with Crippen LogP contribution < -0.4 is 9.47 Å². The molecule has 0 radical (unpaired) electrons. The molecule has 0 spiro atoms. The number of amides is 2. The number of imide groups is 1. The number of hydrogen-bond donors (Lipinski definition) is 1. The van der Waals surface area contributed by atoms with Gasteiger partial charge in [0.05, 0.1) is 26.3 Å². The molecule has 32 heavy (non-hydrogen) atoms. The van der Waals surface area contributed by atoms with Crippen molar-refractivity contribution in [1.82, 2.24) is 9.80 Å². The van der Waals surface area contributed by atoms with Crippen LogP contribution in [0.3, 0.4) is 0 Å². The van der Waals surface area contributed by atoms with E-state index in [1.165, 1.54) is 4.90 Å². The SMILES string of the molecule is COc1ccccc1CN1C(=O)C(c2ccccc2OC)=C(N2CCCC(CO)C2)C1=O. The van der Waals surface area contributed by atoms with E-state index in [0.717, 1.165) is 18.4 Å². The lowest BCUT2D eigenvalue weighted by atomic mass is 9.96. The highest BCUT2D eigenvalue weighted by atomic mass is 16.5. The summed E-state index contributed by atoms with van der Waals surface area (Å²) in [5, 5.41) is 9.70. The molecular weight excluding hydrogens is 408 g/mol. The quantitative estimate of drug-likeness (QED) is 0.673. The molecule has 1 N–H and O–H groups in total. The average Bonchev–Trinajstić information content (AvgIpc) is 3.09. The van der Waals surface area contributed by atoms with Gasteiger partial charge in [0.15, 0.2) is 0 Å². The maximum atomic E-state index is 13.7. The number of ether oxygens (including phenoxy) is 2. The van der Waals surface area contributed by atoms with Crippen molar-refractivity contribution in [2.45, 2.75) is 19.4 Å². The second-order valence-corrected chi connectivity index (χ2v) is 8.07. The lowest BCUT2D eigenvalue weighted by Gasteiger charge is -2.34. The van der Waals surface area contributed by atoms with Gasteiger partial charge < -0.3 is 19.5 Å². The summed E-state index contributed by atoms with van der Waals surface area (Å²) in [5.74, 6) is 0.544. The third kappa shape index (κ3) is 3.96. The molecule has 7 nitrogen and oxygen atoms in total. The first-order valence-corrected chi connectivity index (χ1v) is 10.8. The van der Waals surface area contributed by atoms with Crippen LogP contribution in [0.1, 0.15) is 24.0 Å². The van der Waals surface area contributed by atoms with Gasteiger partial charge >= 0.3 is 0 Å². The van der Waals surface area contributed by atoms with Crippen molar-refractivity contribution in [2.75, 3.05) is 33.9 Å². The maximum Gasteiger partial charge on any atom is 0.278 e. The van der Waals surface area contributed by atoms with E-state index < -0.39 is 0 Å². The Balaban J connectivity index is 1.78. The van der Waals surface area contributed by atoms with Gasteiger partial charge in [-0.15, -0.1) is 0 Å². The Bertz CT molecular complexity index is 1050. The average molecular weight is 437 g/mol. The number of benzene rings is 2. The summed E-state index contributed by atoms with van der Waals surface area (Å²) in [5.41, 5.74) is 2.08. The van der Waals surface area contributed by atoms with E-state index in [0.29, 0.717) is 41.4 Å². The number of hydrogen-bond acceptors (Lipinski definition) is 6. The van der Waals surface area contributed by atoms with E-state index in [4.69, 9.17) is 9.47 Å². The molecule has 1 atom stereocenters. The number of piperidine rings is 1. The molecule has 2 aromatic carbocycles. The van der Waals surface area contributed by atoms with Gasteiger partial charge in [-0.3, -0.25) is 14.5 Å². The monoisotopic (exact) mass is 436 g/mol. The van der Waals surface area contributed by atoms with Crippen LogP contribution >= 0.6 is 0 Å². The number of rotatable bonds is 7. The van der Waals surface area contributed by atoms with Crippen LogP contribution in [-0.4, -0.2) is 60.6 Å². The Hall–Kier alpha value is -3.32. The fraction of sp³-hybridized carbons (Fsp3) is 0.360. The van der Waals surface area contributed by atoms with Crippen molar-refractivity contribution >= 4 is 17.4 Å². The number of likely N-dealkylation sites (tertiary alicyclic amines) is 1. The summed E-state index contributed by atoms with van der Waals surface area (Å²) in [6.45, 7) is 1.36. The van der Waals surface area contributed by atoms with Gasteiger partial charge in [-0.2, -0.15) is 0 Å². The molecular formula is C25H28N2O5. The minimum absolute atomic E-state index is 0.0564. The largest absolute Gasteiger partial charge is 0.496 e. The first-order chi connectivity index (χ1) is 15.6. The van der Waals surface area contributed by atoms with E-state index in [9.17, 15) is 14.7 Å². The van der Waals surface area contributed by atoms with Crippen molar-refractivity contribution < 1.29 is 24.2 Å². The number of carbonyl (C=O) groups is 2. The predicted octanol–water partition coefficient (Wildman–Crippen LogP) is 2.69. The summed E-state index contributed by atoms with van der Waals surface area (Å²) in [6, 6.07) is 14.6. The zero-order valence-electron chi connectivity index (χ0n) is 18.4. The second kappa shape index (κ2) is 9.44. The molecule has 0 saturated carbocycles. The van der Waals surface area contributed by atoms with Crippen molar-refractivity contribution in [1.29, 1.82) is 0 Å². The van der Waals surface area contributed by atoms with Crippen LogP contribution in [0.5, 0.6) is 11.5 Å². The zero-order chi connectivity index (χ0) is 22.7. The molecule has 1 saturated heterocycles. The molecule has 0 aromatic heterocycles. The van der Waals surface area contributed by atoms with Gasteiger partial charge in [0.1, 0.15) is 17.2 Å². The smallest absolute Gasteiger partial charge is 0.278 e. The number of aliphatic hydroxyl groups is 1. The topological polar surface area (TPSA) is 79.3 Å². The molecule has 2 aliphatic heterocycles. The van der Waals surface area contributed by atoms with Crippen LogP contribution in [0.25, 0.3) is 5.57 Å². The molecule has 7 heteroatoms. The van der Waals surface area contributed by atoms with Crippen LogP contribution in [-0.2, 0) is 16.1 Å². The Kier molecular flexibility index (Phi) is 6.46. The van der Waals surface area contributed by atoms with Gasteiger partial charge in [0.25, 0.3) is 11.8 Å². The third-order valence-electron chi connectivity index (χ3n) is 6.13. The standard InChI is InChI=1S/C25H28N2O5/c1-31-20-11-5-3-9-18(20)15-27-24(29)22(19-10-4-6-12-21(19)32-2)23(25(27)30)26-13-7-8-17(14-26)16-28/h3-6,9-12,17,28H,7-8,13-16H2,1-2H3. The molecule has 168 valence electrons.